The number of benzene rings is 2. The Kier molecular flexibility index (Phi) is 7.11. The lowest BCUT2D eigenvalue weighted by molar-refractivity contribution is -0.158. The monoisotopic (exact) mass is 504 g/mol. The van der Waals surface area contributed by atoms with Crippen molar-refractivity contribution < 1.29 is 27.5 Å². The van der Waals surface area contributed by atoms with Gasteiger partial charge in [-0.2, -0.15) is 13.8 Å². The van der Waals surface area contributed by atoms with E-state index in [1.165, 1.54) is 17.8 Å². The number of thioether (sulfide) groups is 1. The number of halogens is 2. The Morgan fingerprint density at radius 2 is 1.86 bits per heavy atom. The van der Waals surface area contributed by atoms with Crippen LogP contribution in [0.25, 0.3) is 22.6 Å². The molecule has 35 heavy (non-hydrogen) atoms. The van der Waals surface area contributed by atoms with E-state index < -0.39 is 12.0 Å². The highest BCUT2D eigenvalue weighted by Crippen LogP contribution is 2.35. The number of rotatable bonds is 6. The van der Waals surface area contributed by atoms with Crippen molar-refractivity contribution in [2.24, 2.45) is 10.7 Å². The summed E-state index contributed by atoms with van der Waals surface area (Å²) in [6.45, 7) is 7.47. The van der Waals surface area contributed by atoms with Gasteiger partial charge in [0.05, 0.1) is 29.2 Å². The number of aliphatic imine (C=N–C) groups is 1. The van der Waals surface area contributed by atoms with Crippen LogP contribution in [-0.2, 0) is 4.74 Å². The highest BCUT2D eigenvalue weighted by atomic mass is 32.2. The number of oxazole rings is 1. The van der Waals surface area contributed by atoms with Gasteiger partial charge in [-0.3, -0.25) is 9.69 Å². The molecule has 0 radical (unpaired) electrons. The zero-order valence-electron chi connectivity index (χ0n) is 19.6. The van der Waals surface area contributed by atoms with Crippen molar-refractivity contribution in [3.8, 4) is 17.2 Å². The molecule has 0 aliphatic carbocycles. The zero-order valence-corrected chi connectivity index (χ0v) is 20.4. The second-order valence-electron chi connectivity index (χ2n) is 8.48. The number of nitrogens with two attached hydrogens (primary N) is 1. The summed E-state index contributed by atoms with van der Waals surface area (Å²) < 4.78 is 43.0. The van der Waals surface area contributed by atoms with Crippen LogP contribution in [-0.4, -0.2) is 58.2 Å². The molecular weight excluding hydrogens is 478 g/mol. The first-order valence-electron chi connectivity index (χ1n) is 11.0. The summed E-state index contributed by atoms with van der Waals surface area (Å²) in [5.41, 5.74) is 7.07. The molecule has 11 heteroatoms. The fraction of sp³-hybridized carbons (Fsp3) is 0.375. The first-order valence-corrected chi connectivity index (χ1v) is 11.8. The van der Waals surface area contributed by atoms with Crippen LogP contribution in [0.1, 0.15) is 31.1 Å². The van der Waals surface area contributed by atoms with E-state index >= 15 is 0 Å². The third-order valence-corrected chi connectivity index (χ3v) is 6.45. The van der Waals surface area contributed by atoms with Gasteiger partial charge in [-0.1, -0.05) is 30.0 Å². The third-order valence-electron chi connectivity index (χ3n) is 5.39. The van der Waals surface area contributed by atoms with Gasteiger partial charge in [-0.05, 0) is 38.1 Å². The standard InChI is InChI=1S/C24H26F2N4O4S/c1-23(2,30-11-13-32-14-12-30)35-22(27)29-20(31)16-8-6-9-17-19(16)33-21(28-17)15-7-4-5-10-18(15)34-24(3,25)26/h4-10H,11-14H2,1-3H3,(H2,27,29,31). The number of carbonyl (C=O) groups is 1. The Morgan fingerprint density at radius 1 is 1.14 bits per heavy atom. The first-order chi connectivity index (χ1) is 16.5. The van der Waals surface area contributed by atoms with E-state index in [0.29, 0.717) is 25.7 Å². The molecule has 0 unspecified atom stereocenters. The Balaban J connectivity index is 1.61. The maximum atomic E-state index is 13.5. The average molecular weight is 505 g/mol. The van der Waals surface area contributed by atoms with Crippen molar-refractivity contribution in [2.75, 3.05) is 26.3 Å². The van der Waals surface area contributed by atoms with Gasteiger partial charge >= 0.3 is 6.11 Å². The Bertz CT molecular complexity index is 1250. The maximum Gasteiger partial charge on any atom is 0.394 e. The average Bonchev–Trinajstić information content (AvgIpc) is 3.22. The number of fused-ring (bicyclic) bond motifs is 1. The van der Waals surface area contributed by atoms with Crippen molar-refractivity contribution in [3.05, 3.63) is 48.0 Å². The van der Waals surface area contributed by atoms with Crippen molar-refractivity contribution in [2.45, 2.75) is 31.8 Å². The molecule has 186 valence electrons. The van der Waals surface area contributed by atoms with E-state index in [1.54, 1.807) is 36.4 Å². The van der Waals surface area contributed by atoms with E-state index in [4.69, 9.17) is 19.6 Å². The topological polar surface area (TPSA) is 103 Å². The smallest absolute Gasteiger partial charge is 0.394 e. The Labute approximate surface area is 205 Å². The van der Waals surface area contributed by atoms with Gasteiger partial charge in [0.2, 0.25) is 5.89 Å². The molecule has 1 aliphatic rings. The lowest BCUT2D eigenvalue weighted by Gasteiger charge is -2.39. The molecule has 3 aromatic rings. The zero-order chi connectivity index (χ0) is 25.2. The fourth-order valence-corrected chi connectivity index (χ4v) is 4.72. The maximum absolute atomic E-state index is 13.5. The molecule has 1 aromatic heterocycles. The SMILES string of the molecule is CC(F)(F)Oc1ccccc1-c1nc2cccc(C(=O)N=C(N)SC(C)(C)N3CCOCC3)c2o1. The summed E-state index contributed by atoms with van der Waals surface area (Å²) in [6, 6.07) is 11.0. The normalized spacial score (nSPS) is 16.0. The molecule has 2 aromatic carbocycles. The number of hydrogen-bond acceptors (Lipinski definition) is 7. The minimum Gasteiger partial charge on any atom is -0.435 e. The van der Waals surface area contributed by atoms with Crippen LogP contribution in [0.5, 0.6) is 5.75 Å². The number of para-hydroxylation sites is 2. The number of aromatic nitrogens is 1. The molecule has 1 fully saturated rings. The second kappa shape index (κ2) is 9.92. The number of hydrogen-bond donors (Lipinski definition) is 1. The van der Waals surface area contributed by atoms with Crippen molar-refractivity contribution >= 4 is 33.9 Å². The molecular formula is C24H26F2N4O4S. The molecule has 0 saturated carbocycles. The van der Waals surface area contributed by atoms with E-state index in [0.717, 1.165) is 13.1 Å². The molecule has 0 atom stereocenters. The van der Waals surface area contributed by atoms with E-state index in [-0.39, 0.29) is 38.4 Å². The van der Waals surface area contributed by atoms with Crippen molar-refractivity contribution in [1.29, 1.82) is 0 Å². The number of nitrogens with zero attached hydrogens (tertiary/aromatic N) is 3. The highest BCUT2D eigenvalue weighted by Gasteiger charge is 2.31. The third kappa shape index (κ3) is 5.98. The predicted molar refractivity (Wildman–Crippen MR) is 131 cm³/mol. The van der Waals surface area contributed by atoms with Gasteiger partial charge in [0.15, 0.2) is 10.8 Å². The lowest BCUT2D eigenvalue weighted by atomic mass is 10.2. The molecule has 2 N–H and O–H groups in total. The van der Waals surface area contributed by atoms with E-state index in [9.17, 15) is 13.6 Å². The minimum atomic E-state index is -3.39. The molecule has 4 rings (SSSR count). The van der Waals surface area contributed by atoms with Crippen LogP contribution in [0.3, 0.4) is 0 Å². The molecule has 0 bridgehead atoms. The van der Waals surface area contributed by atoms with Crippen molar-refractivity contribution in [3.63, 3.8) is 0 Å². The minimum absolute atomic E-state index is 0.0416. The summed E-state index contributed by atoms with van der Waals surface area (Å²) in [7, 11) is 0. The van der Waals surface area contributed by atoms with Gasteiger partial charge < -0.3 is 19.6 Å². The summed E-state index contributed by atoms with van der Waals surface area (Å²) in [5.74, 6) is -0.644. The van der Waals surface area contributed by atoms with E-state index in [2.05, 4.69) is 14.9 Å². The summed E-state index contributed by atoms with van der Waals surface area (Å²) in [5, 5.41) is 0.118. The number of ether oxygens (including phenoxy) is 2. The molecule has 0 spiro atoms. The van der Waals surface area contributed by atoms with E-state index in [1.807, 2.05) is 13.8 Å². The number of amides is 1. The summed E-state index contributed by atoms with van der Waals surface area (Å²) in [6.07, 6.45) is -3.39. The van der Waals surface area contributed by atoms with Crippen LogP contribution in [0.15, 0.2) is 51.9 Å². The summed E-state index contributed by atoms with van der Waals surface area (Å²) in [4.78, 5) is 23.3. The number of carbonyl (C=O) groups excluding carboxylic acids is 1. The quantitative estimate of drug-likeness (QED) is 0.379. The van der Waals surface area contributed by atoms with Crippen LogP contribution in [0.4, 0.5) is 8.78 Å². The second-order valence-corrected chi connectivity index (χ2v) is 10.1. The first kappa shape index (κ1) is 25.1. The number of alkyl halides is 2. The van der Waals surface area contributed by atoms with Gasteiger partial charge in [-0.15, -0.1) is 0 Å². The molecule has 1 saturated heterocycles. The Morgan fingerprint density at radius 3 is 2.57 bits per heavy atom. The van der Waals surface area contributed by atoms with Crippen LogP contribution < -0.4 is 10.5 Å². The fourth-order valence-electron chi connectivity index (χ4n) is 3.76. The highest BCUT2D eigenvalue weighted by molar-refractivity contribution is 8.14. The molecule has 1 aliphatic heterocycles. The van der Waals surface area contributed by atoms with Crippen molar-refractivity contribution in [1.82, 2.24) is 9.88 Å². The number of amidine groups is 1. The Hall–Kier alpha value is -3.02. The van der Waals surface area contributed by atoms with Gasteiger partial charge in [0.25, 0.3) is 5.91 Å². The number of morpholine rings is 1. The van der Waals surface area contributed by atoms with Crippen LogP contribution >= 0.6 is 11.8 Å². The van der Waals surface area contributed by atoms with Gasteiger partial charge in [0, 0.05) is 20.0 Å². The lowest BCUT2D eigenvalue weighted by Crippen LogP contribution is -2.48. The summed E-state index contributed by atoms with van der Waals surface area (Å²) >= 11 is 1.29. The largest absolute Gasteiger partial charge is 0.435 e. The van der Waals surface area contributed by atoms with Crippen LogP contribution in [0, 0.1) is 0 Å². The van der Waals surface area contributed by atoms with Gasteiger partial charge in [-0.25, -0.2) is 4.98 Å². The molecule has 8 nitrogen and oxygen atoms in total. The van der Waals surface area contributed by atoms with Crippen LogP contribution in [0.2, 0.25) is 0 Å². The predicted octanol–water partition coefficient (Wildman–Crippen LogP) is 4.74. The molecule has 1 amide bonds. The van der Waals surface area contributed by atoms with Gasteiger partial charge in [0.1, 0.15) is 11.3 Å². The molecule has 2 heterocycles.